The molecule has 84 valence electrons. The highest BCUT2D eigenvalue weighted by molar-refractivity contribution is 7.84. The summed E-state index contributed by atoms with van der Waals surface area (Å²) in [6, 6.07) is 0. The van der Waals surface area contributed by atoms with Crippen molar-refractivity contribution in [2.45, 2.75) is 39.4 Å². The van der Waals surface area contributed by atoms with Crippen LogP contribution in [0.2, 0.25) is 0 Å². The number of hydrogen-bond acceptors (Lipinski definition) is 2. The molecule has 2 unspecified atom stereocenters. The summed E-state index contributed by atoms with van der Waals surface area (Å²) < 4.78 is 11.0. The van der Waals surface area contributed by atoms with E-state index in [1.54, 1.807) is 6.26 Å². The van der Waals surface area contributed by atoms with Crippen molar-refractivity contribution in [2.24, 2.45) is 5.41 Å². The van der Waals surface area contributed by atoms with E-state index in [-0.39, 0.29) is 16.6 Å². The van der Waals surface area contributed by atoms with E-state index < -0.39 is 10.8 Å². The molecule has 0 aliphatic carbocycles. The lowest BCUT2D eigenvalue weighted by molar-refractivity contribution is -0.128. The van der Waals surface area contributed by atoms with Crippen LogP contribution in [0.25, 0.3) is 0 Å². The van der Waals surface area contributed by atoms with E-state index in [2.05, 4.69) is 5.32 Å². The minimum absolute atomic E-state index is 0.0478. The highest BCUT2D eigenvalue weighted by Crippen LogP contribution is 2.12. The van der Waals surface area contributed by atoms with Gasteiger partial charge in [0.1, 0.15) is 0 Å². The topological polar surface area (TPSA) is 46.2 Å². The minimum Gasteiger partial charge on any atom is -0.356 e. The standard InChI is InChI=1S/C10H21NO2S/c1-8(14(5)13)6-7-11-9(12)10(2,3)4/h8H,6-7H2,1-5H3,(H,11,12). The Labute approximate surface area is 89.1 Å². The Kier molecular flexibility index (Phi) is 5.34. The van der Waals surface area contributed by atoms with Crippen LogP contribution in [0.5, 0.6) is 0 Å². The van der Waals surface area contributed by atoms with Gasteiger partial charge in [-0.15, -0.1) is 0 Å². The number of carbonyl (C=O) groups is 1. The van der Waals surface area contributed by atoms with Crippen molar-refractivity contribution in [3.8, 4) is 0 Å². The predicted molar refractivity (Wildman–Crippen MR) is 60.6 cm³/mol. The molecule has 2 atom stereocenters. The zero-order chi connectivity index (χ0) is 11.4. The average Bonchev–Trinajstić information content (AvgIpc) is 2.01. The zero-order valence-corrected chi connectivity index (χ0v) is 10.5. The van der Waals surface area contributed by atoms with Gasteiger partial charge in [0.2, 0.25) is 5.91 Å². The van der Waals surface area contributed by atoms with Crippen LogP contribution in [0, 0.1) is 5.41 Å². The summed E-state index contributed by atoms with van der Waals surface area (Å²) in [5.41, 5.74) is -0.339. The summed E-state index contributed by atoms with van der Waals surface area (Å²) >= 11 is 0. The lowest BCUT2D eigenvalue weighted by Gasteiger charge is -2.18. The van der Waals surface area contributed by atoms with E-state index in [4.69, 9.17) is 0 Å². The van der Waals surface area contributed by atoms with Gasteiger partial charge in [0.05, 0.1) is 0 Å². The van der Waals surface area contributed by atoms with Gasteiger partial charge in [-0.05, 0) is 6.42 Å². The van der Waals surface area contributed by atoms with Gasteiger partial charge in [-0.25, -0.2) is 0 Å². The summed E-state index contributed by atoms with van der Waals surface area (Å²) in [6.07, 6.45) is 2.46. The molecule has 0 aromatic carbocycles. The van der Waals surface area contributed by atoms with E-state index in [9.17, 15) is 9.00 Å². The third kappa shape index (κ3) is 5.37. The maximum absolute atomic E-state index is 11.4. The molecule has 0 aliphatic heterocycles. The number of hydrogen-bond donors (Lipinski definition) is 1. The molecule has 1 amide bonds. The van der Waals surface area contributed by atoms with Crippen LogP contribution in [-0.2, 0) is 15.6 Å². The van der Waals surface area contributed by atoms with Crippen molar-refractivity contribution in [2.75, 3.05) is 12.8 Å². The van der Waals surface area contributed by atoms with Gasteiger partial charge in [0.15, 0.2) is 0 Å². The highest BCUT2D eigenvalue weighted by atomic mass is 32.2. The fourth-order valence-corrected chi connectivity index (χ4v) is 1.27. The van der Waals surface area contributed by atoms with E-state index in [1.807, 2.05) is 27.7 Å². The molecule has 0 aliphatic rings. The molecule has 1 N–H and O–H groups in total. The molecular formula is C10H21NO2S. The molecular weight excluding hydrogens is 198 g/mol. The second-order valence-corrected chi connectivity index (χ2v) is 6.41. The molecule has 0 rings (SSSR count). The monoisotopic (exact) mass is 219 g/mol. The van der Waals surface area contributed by atoms with Crippen molar-refractivity contribution < 1.29 is 9.00 Å². The molecule has 0 heterocycles. The SMILES string of the molecule is CC(CCNC(=O)C(C)(C)C)S(C)=O. The predicted octanol–water partition coefficient (Wildman–Crippen LogP) is 1.31. The van der Waals surface area contributed by atoms with Crippen LogP contribution in [0.1, 0.15) is 34.1 Å². The summed E-state index contributed by atoms with van der Waals surface area (Å²) in [4.78, 5) is 11.4. The Balaban J connectivity index is 3.76. The molecule has 4 heteroatoms. The average molecular weight is 219 g/mol. The fraction of sp³-hybridized carbons (Fsp3) is 0.900. The third-order valence-electron chi connectivity index (χ3n) is 2.08. The van der Waals surface area contributed by atoms with Crippen LogP contribution >= 0.6 is 0 Å². The Bertz CT molecular complexity index is 221. The third-order valence-corrected chi connectivity index (χ3v) is 3.45. The fourth-order valence-electron chi connectivity index (χ4n) is 0.820. The summed E-state index contributed by atoms with van der Waals surface area (Å²) in [7, 11) is -0.797. The molecule has 0 saturated heterocycles. The van der Waals surface area contributed by atoms with Crippen LogP contribution in [0.15, 0.2) is 0 Å². The largest absolute Gasteiger partial charge is 0.356 e. The number of amides is 1. The lowest BCUT2D eigenvalue weighted by atomic mass is 9.96. The Morgan fingerprint density at radius 1 is 1.43 bits per heavy atom. The molecule has 0 spiro atoms. The molecule has 0 bridgehead atoms. The summed E-state index contributed by atoms with van der Waals surface area (Å²) in [6.45, 7) is 8.17. The molecule has 0 radical (unpaired) electrons. The second kappa shape index (κ2) is 5.49. The van der Waals surface area contributed by atoms with E-state index in [0.717, 1.165) is 6.42 Å². The van der Waals surface area contributed by atoms with Gasteiger partial charge in [-0.3, -0.25) is 9.00 Å². The molecule has 3 nitrogen and oxygen atoms in total. The van der Waals surface area contributed by atoms with Crippen LogP contribution in [0.4, 0.5) is 0 Å². The number of carbonyl (C=O) groups excluding carboxylic acids is 1. The van der Waals surface area contributed by atoms with Gasteiger partial charge in [0.25, 0.3) is 0 Å². The molecule has 0 aromatic heterocycles. The van der Waals surface area contributed by atoms with Crippen molar-refractivity contribution in [1.82, 2.24) is 5.32 Å². The number of nitrogens with one attached hydrogen (secondary N) is 1. The van der Waals surface area contributed by atoms with Gasteiger partial charge >= 0.3 is 0 Å². The van der Waals surface area contributed by atoms with Crippen LogP contribution in [0.3, 0.4) is 0 Å². The van der Waals surface area contributed by atoms with Crippen molar-refractivity contribution in [3.63, 3.8) is 0 Å². The summed E-state index contributed by atoms with van der Waals surface area (Å²) in [5, 5.41) is 2.98. The van der Waals surface area contributed by atoms with Gasteiger partial charge < -0.3 is 5.32 Å². The van der Waals surface area contributed by atoms with E-state index >= 15 is 0 Å². The van der Waals surface area contributed by atoms with Gasteiger partial charge in [-0.2, -0.15) is 0 Å². The number of rotatable bonds is 4. The van der Waals surface area contributed by atoms with Crippen LogP contribution in [-0.4, -0.2) is 28.2 Å². The molecule has 0 saturated carbocycles. The quantitative estimate of drug-likeness (QED) is 0.775. The summed E-state index contributed by atoms with van der Waals surface area (Å²) in [5.74, 6) is 0.0478. The Morgan fingerprint density at radius 2 is 1.93 bits per heavy atom. The first-order chi connectivity index (χ1) is 6.25. The van der Waals surface area contributed by atoms with Crippen molar-refractivity contribution in [3.05, 3.63) is 0 Å². The second-order valence-electron chi connectivity index (χ2n) is 4.60. The van der Waals surface area contributed by atoms with Gasteiger partial charge in [0, 0.05) is 34.3 Å². The highest BCUT2D eigenvalue weighted by Gasteiger charge is 2.20. The molecule has 14 heavy (non-hydrogen) atoms. The maximum atomic E-state index is 11.4. The van der Waals surface area contributed by atoms with Crippen molar-refractivity contribution >= 4 is 16.7 Å². The smallest absolute Gasteiger partial charge is 0.225 e. The first kappa shape index (κ1) is 13.6. The van der Waals surface area contributed by atoms with E-state index in [0.29, 0.717) is 6.54 Å². The van der Waals surface area contributed by atoms with Gasteiger partial charge in [-0.1, -0.05) is 27.7 Å². The van der Waals surface area contributed by atoms with Crippen LogP contribution < -0.4 is 5.32 Å². The Morgan fingerprint density at radius 3 is 2.29 bits per heavy atom. The van der Waals surface area contributed by atoms with Crippen molar-refractivity contribution in [1.29, 1.82) is 0 Å². The minimum atomic E-state index is -0.797. The Hall–Kier alpha value is -0.380. The molecule has 0 fully saturated rings. The maximum Gasteiger partial charge on any atom is 0.225 e. The zero-order valence-electron chi connectivity index (χ0n) is 9.72. The molecule has 0 aromatic rings. The van der Waals surface area contributed by atoms with E-state index in [1.165, 1.54) is 0 Å². The normalized spacial score (nSPS) is 16.1. The first-order valence-electron chi connectivity index (χ1n) is 4.85. The lowest BCUT2D eigenvalue weighted by Crippen LogP contribution is -2.36. The first-order valence-corrected chi connectivity index (χ1v) is 6.48.